The number of rotatable bonds is 10. The molecule has 0 spiro atoms. The van der Waals surface area contributed by atoms with Crippen LogP contribution in [0.4, 0.5) is 13.2 Å². The van der Waals surface area contributed by atoms with Crippen molar-refractivity contribution in [1.82, 2.24) is 39.3 Å². The molecule has 7 rings (SSSR count). The van der Waals surface area contributed by atoms with E-state index in [0.717, 1.165) is 53.8 Å². The molecule has 2 aliphatic heterocycles. The van der Waals surface area contributed by atoms with E-state index in [4.69, 9.17) is 0 Å². The Morgan fingerprint density at radius 1 is 0.979 bits per heavy atom. The molecule has 1 fully saturated rings. The predicted molar refractivity (Wildman–Crippen MR) is 171 cm³/mol. The fraction of sp³-hybridized carbons (Fsp3) is 0.343. The van der Waals surface area contributed by atoms with E-state index in [0.29, 0.717) is 43.4 Å². The van der Waals surface area contributed by atoms with Crippen molar-refractivity contribution in [2.24, 2.45) is 13.0 Å². The monoisotopic (exact) mass is 656 g/mol. The summed E-state index contributed by atoms with van der Waals surface area (Å²) in [7, 11) is 1.82. The normalized spacial score (nSPS) is 16.8. The number of benzene rings is 2. The largest absolute Gasteiger partial charge is 0.382 e. The van der Waals surface area contributed by atoms with Gasteiger partial charge in [0.1, 0.15) is 41.4 Å². The molecule has 1 amide bonds. The lowest BCUT2D eigenvalue weighted by Gasteiger charge is -2.38. The van der Waals surface area contributed by atoms with Crippen molar-refractivity contribution in [3.05, 3.63) is 108 Å². The molecule has 2 aromatic carbocycles. The number of piperidine rings is 1. The molecule has 1 N–H and O–H groups in total. The van der Waals surface area contributed by atoms with E-state index in [2.05, 4.69) is 25.1 Å². The number of hydrogen-bond acceptors (Lipinski definition) is 7. The molecule has 1 saturated heterocycles. The van der Waals surface area contributed by atoms with Gasteiger partial charge in [-0.3, -0.25) is 14.5 Å². The van der Waals surface area contributed by atoms with E-state index < -0.39 is 17.2 Å². The van der Waals surface area contributed by atoms with Gasteiger partial charge in [-0.05, 0) is 74.7 Å². The van der Waals surface area contributed by atoms with Gasteiger partial charge >= 0.3 is 0 Å². The summed E-state index contributed by atoms with van der Waals surface area (Å²) >= 11 is 0. The van der Waals surface area contributed by atoms with Crippen molar-refractivity contribution in [1.29, 1.82) is 0 Å². The molecule has 0 aliphatic carbocycles. The number of fused-ring (bicyclic) bond motifs is 1. The molecule has 10 nitrogen and oxygen atoms in total. The van der Waals surface area contributed by atoms with Crippen LogP contribution in [0, 0.1) is 23.4 Å². The summed E-state index contributed by atoms with van der Waals surface area (Å²) in [5, 5.41) is 20.4. The van der Waals surface area contributed by atoms with Gasteiger partial charge in [0.2, 0.25) is 0 Å². The van der Waals surface area contributed by atoms with Crippen LogP contribution in [0.2, 0.25) is 0 Å². The number of pyridine rings is 1. The van der Waals surface area contributed by atoms with Crippen LogP contribution < -0.4 is 0 Å². The Kier molecular flexibility index (Phi) is 8.56. The maximum Gasteiger partial charge on any atom is 0.256 e. The molecule has 13 heteroatoms. The second kappa shape index (κ2) is 13.0. The molecule has 248 valence electrons. The topological polar surface area (TPSA) is 105 Å². The highest BCUT2D eigenvalue weighted by molar-refractivity contribution is 6.05. The van der Waals surface area contributed by atoms with Crippen molar-refractivity contribution in [3.63, 3.8) is 0 Å². The molecule has 1 atom stereocenters. The van der Waals surface area contributed by atoms with E-state index >= 15 is 0 Å². The molecule has 0 radical (unpaired) electrons. The number of aromatic nitrogens is 6. The number of amides is 1. The molecule has 5 aromatic rings. The number of aliphatic hydroxyl groups is 1. The molecule has 5 heterocycles. The standard InChI is InChI=1S/C35H35F3N8O2/c1-43-17-28(33(42-43)24-2-4-25(36)5-3-24)27-8-12-40-31-18-45(34(47)32(27)31)15-11-23-9-13-44(14-10-23)19-35(48,20-46-22-39-21-41-46)29-7-6-26(37)16-30(29)38/h2-8,12,16-17,21-23,48H,9-11,13-15,18-20H2,1H3/t35-/m1/s1. The third kappa shape index (κ3) is 6.35. The molecule has 48 heavy (non-hydrogen) atoms. The van der Waals surface area contributed by atoms with Gasteiger partial charge in [0.25, 0.3) is 5.91 Å². The smallest absolute Gasteiger partial charge is 0.256 e. The average Bonchev–Trinajstić information content (AvgIpc) is 3.80. The minimum Gasteiger partial charge on any atom is -0.382 e. The van der Waals surface area contributed by atoms with E-state index in [1.54, 1.807) is 23.0 Å². The van der Waals surface area contributed by atoms with Crippen LogP contribution >= 0.6 is 0 Å². The van der Waals surface area contributed by atoms with Gasteiger partial charge in [0.15, 0.2) is 0 Å². The fourth-order valence-corrected chi connectivity index (χ4v) is 7.00. The van der Waals surface area contributed by atoms with Gasteiger partial charge in [-0.1, -0.05) is 6.07 Å². The Balaban J connectivity index is 0.999. The first-order valence-electron chi connectivity index (χ1n) is 16.0. The van der Waals surface area contributed by atoms with E-state index in [1.165, 1.54) is 35.5 Å². The Morgan fingerprint density at radius 3 is 2.48 bits per heavy atom. The third-order valence-corrected chi connectivity index (χ3v) is 9.43. The predicted octanol–water partition coefficient (Wildman–Crippen LogP) is 4.80. The van der Waals surface area contributed by atoms with Crippen LogP contribution in [-0.2, 0) is 25.7 Å². The van der Waals surface area contributed by atoms with Gasteiger partial charge < -0.3 is 14.9 Å². The van der Waals surface area contributed by atoms with Crippen LogP contribution in [0.3, 0.4) is 0 Å². The first-order valence-corrected chi connectivity index (χ1v) is 16.0. The highest BCUT2D eigenvalue weighted by atomic mass is 19.1. The third-order valence-electron chi connectivity index (χ3n) is 9.43. The van der Waals surface area contributed by atoms with Crippen LogP contribution in [-0.4, -0.2) is 76.5 Å². The van der Waals surface area contributed by atoms with Gasteiger partial charge in [-0.25, -0.2) is 22.8 Å². The molecular weight excluding hydrogens is 621 g/mol. The van der Waals surface area contributed by atoms with Gasteiger partial charge in [-0.2, -0.15) is 10.2 Å². The number of β-amino-alcohol motifs (C(OH)–C–C–N with tert-alkyl or cyclic N) is 1. The van der Waals surface area contributed by atoms with Crippen molar-refractivity contribution >= 4 is 5.91 Å². The van der Waals surface area contributed by atoms with Gasteiger partial charge in [-0.15, -0.1) is 0 Å². The highest BCUT2D eigenvalue weighted by Gasteiger charge is 2.37. The van der Waals surface area contributed by atoms with Crippen molar-refractivity contribution in [2.75, 3.05) is 26.2 Å². The molecular formula is C35H35F3N8O2. The zero-order valence-corrected chi connectivity index (χ0v) is 26.4. The number of halogens is 3. The summed E-state index contributed by atoms with van der Waals surface area (Å²) in [6.07, 6.45) is 8.89. The number of carbonyl (C=O) groups excluding carboxylic acids is 1. The quantitative estimate of drug-likeness (QED) is 0.230. The zero-order chi connectivity index (χ0) is 33.4. The van der Waals surface area contributed by atoms with E-state index in [1.807, 2.05) is 24.2 Å². The minimum absolute atomic E-state index is 0.0117. The second-order valence-corrected chi connectivity index (χ2v) is 12.7. The maximum absolute atomic E-state index is 14.9. The van der Waals surface area contributed by atoms with Crippen LogP contribution in [0.5, 0.6) is 0 Å². The Labute approximate surface area is 275 Å². The first-order chi connectivity index (χ1) is 23.2. The summed E-state index contributed by atoms with van der Waals surface area (Å²) in [4.78, 5) is 26.2. The average molecular weight is 657 g/mol. The second-order valence-electron chi connectivity index (χ2n) is 12.7. The lowest BCUT2D eigenvalue weighted by atomic mass is 9.89. The van der Waals surface area contributed by atoms with Crippen molar-refractivity contribution in [3.8, 4) is 22.4 Å². The van der Waals surface area contributed by atoms with Crippen molar-refractivity contribution in [2.45, 2.75) is 38.0 Å². The van der Waals surface area contributed by atoms with Gasteiger partial charge in [0.05, 0.1) is 24.3 Å². The first kappa shape index (κ1) is 31.7. The van der Waals surface area contributed by atoms with Crippen LogP contribution in [0.15, 0.2) is 73.6 Å². The fourth-order valence-electron chi connectivity index (χ4n) is 7.00. The molecule has 0 saturated carbocycles. The molecule has 3 aromatic heterocycles. The SMILES string of the molecule is Cn1cc(-c2ccnc3c2C(=O)N(CCC2CCN(C[C@@](O)(Cn4cncn4)c4ccc(F)cc4F)CC2)C3)c(-c2ccc(F)cc2)n1. The zero-order valence-electron chi connectivity index (χ0n) is 26.4. The maximum atomic E-state index is 14.9. The Morgan fingerprint density at radius 2 is 1.75 bits per heavy atom. The molecule has 0 unspecified atom stereocenters. The lowest BCUT2D eigenvalue weighted by molar-refractivity contribution is -0.0291. The van der Waals surface area contributed by atoms with E-state index in [9.17, 15) is 23.1 Å². The number of hydrogen-bond donors (Lipinski definition) is 1. The minimum atomic E-state index is -1.65. The van der Waals surface area contributed by atoms with E-state index in [-0.39, 0.29) is 30.4 Å². The number of likely N-dealkylation sites (tertiary alicyclic amines) is 1. The highest BCUT2D eigenvalue weighted by Crippen LogP contribution is 2.37. The molecule has 2 aliphatic rings. The van der Waals surface area contributed by atoms with Crippen LogP contribution in [0.1, 0.15) is 40.9 Å². The Bertz CT molecular complexity index is 1920. The summed E-state index contributed by atoms with van der Waals surface area (Å²) in [5.41, 5.74) is 2.62. The van der Waals surface area contributed by atoms with Crippen molar-refractivity contribution < 1.29 is 23.1 Å². The number of carbonyl (C=O) groups is 1. The summed E-state index contributed by atoms with van der Waals surface area (Å²) in [6.45, 7) is 2.47. The molecule has 0 bridgehead atoms. The summed E-state index contributed by atoms with van der Waals surface area (Å²) < 4.78 is 45.3. The van der Waals surface area contributed by atoms with Crippen LogP contribution in [0.25, 0.3) is 22.4 Å². The summed E-state index contributed by atoms with van der Waals surface area (Å²) in [6, 6.07) is 11.2. The number of aryl methyl sites for hydroxylation is 1. The Hall–Kier alpha value is -4.88. The lowest BCUT2D eigenvalue weighted by Crippen LogP contribution is -2.47. The summed E-state index contributed by atoms with van der Waals surface area (Å²) in [5.74, 6) is -1.56. The number of nitrogens with zero attached hydrogens (tertiary/aromatic N) is 8. The van der Waals surface area contributed by atoms with Gasteiger partial charge in [0, 0.05) is 60.9 Å².